The Balaban J connectivity index is 3.16. The fraction of sp³-hybridized carbons (Fsp3) is 0.786. The van der Waals surface area contributed by atoms with Crippen LogP contribution in [0.2, 0.25) is 0 Å². The molecule has 108 valence electrons. The van der Waals surface area contributed by atoms with Crippen molar-refractivity contribution in [1.29, 1.82) is 0 Å². The summed E-state index contributed by atoms with van der Waals surface area (Å²) in [5.41, 5.74) is 1.00. The number of hydrogen-bond acceptors (Lipinski definition) is 4. The minimum Gasteiger partial charge on any atom is -0.461 e. The van der Waals surface area contributed by atoms with E-state index in [1.807, 2.05) is 4.68 Å². The molecule has 0 aliphatic carbocycles. The molecule has 0 aliphatic heterocycles. The van der Waals surface area contributed by atoms with Crippen LogP contribution in [0.5, 0.6) is 0 Å². The Morgan fingerprint density at radius 3 is 2.47 bits per heavy atom. The van der Waals surface area contributed by atoms with E-state index in [-0.39, 0.29) is 11.4 Å². The third kappa shape index (κ3) is 3.78. The molecule has 1 aromatic rings. The summed E-state index contributed by atoms with van der Waals surface area (Å²) < 4.78 is 6.90. The SMILES string of the molecule is CCOC(=O)c1nnn(CC(C)CC)c1C(C)(C)C. The molecule has 0 aliphatic rings. The Kier molecular flexibility index (Phi) is 5.09. The Morgan fingerprint density at radius 1 is 1.37 bits per heavy atom. The molecule has 5 heteroatoms. The van der Waals surface area contributed by atoms with E-state index in [1.165, 1.54) is 0 Å². The zero-order valence-electron chi connectivity index (χ0n) is 12.9. The summed E-state index contributed by atoms with van der Waals surface area (Å²) in [5.74, 6) is 0.112. The van der Waals surface area contributed by atoms with Crippen LogP contribution in [0.3, 0.4) is 0 Å². The average Bonchev–Trinajstić information content (AvgIpc) is 2.72. The van der Waals surface area contributed by atoms with Crippen molar-refractivity contribution in [2.24, 2.45) is 5.92 Å². The van der Waals surface area contributed by atoms with E-state index in [0.29, 0.717) is 18.2 Å². The maximum Gasteiger partial charge on any atom is 0.360 e. The van der Waals surface area contributed by atoms with Gasteiger partial charge in [0.25, 0.3) is 0 Å². The fourth-order valence-corrected chi connectivity index (χ4v) is 1.94. The number of ether oxygens (including phenoxy) is 1. The molecule has 5 nitrogen and oxygen atoms in total. The lowest BCUT2D eigenvalue weighted by Crippen LogP contribution is -2.24. The summed E-state index contributed by atoms with van der Waals surface area (Å²) in [5, 5.41) is 8.17. The highest BCUT2D eigenvalue weighted by atomic mass is 16.5. The molecule has 0 spiro atoms. The maximum atomic E-state index is 11.9. The first-order chi connectivity index (χ1) is 8.81. The fourth-order valence-electron chi connectivity index (χ4n) is 1.94. The summed E-state index contributed by atoms with van der Waals surface area (Å²) in [6, 6.07) is 0. The van der Waals surface area contributed by atoms with Crippen LogP contribution in [-0.4, -0.2) is 27.6 Å². The second-order valence-corrected chi connectivity index (χ2v) is 5.95. The summed E-state index contributed by atoms with van der Waals surface area (Å²) in [7, 11) is 0. The average molecular weight is 267 g/mol. The summed E-state index contributed by atoms with van der Waals surface area (Å²) >= 11 is 0. The zero-order chi connectivity index (χ0) is 14.6. The van der Waals surface area contributed by atoms with Gasteiger partial charge < -0.3 is 4.74 Å². The predicted octanol–water partition coefficient (Wildman–Crippen LogP) is 2.80. The van der Waals surface area contributed by atoms with Gasteiger partial charge in [-0.25, -0.2) is 9.48 Å². The lowest BCUT2D eigenvalue weighted by atomic mass is 9.90. The van der Waals surface area contributed by atoms with Gasteiger partial charge in [0.05, 0.1) is 12.3 Å². The summed E-state index contributed by atoms with van der Waals surface area (Å²) in [6.07, 6.45) is 1.07. The lowest BCUT2D eigenvalue weighted by molar-refractivity contribution is 0.0516. The Labute approximate surface area is 115 Å². The van der Waals surface area contributed by atoms with Crippen molar-refractivity contribution in [3.05, 3.63) is 11.4 Å². The van der Waals surface area contributed by atoms with Crippen LogP contribution in [0.15, 0.2) is 0 Å². The highest BCUT2D eigenvalue weighted by molar-refractivity contribution is 5.88. The minimum absolute atomic E-state index is 0.195. The van der Waals surface area contributed by atoms with E-state index < -0.39 is 0 Å². The molecule has 0 saturated heterocycles. The normalized spacial score (nSPS) is 13.4. The third-order valence-corrected chi connectivity index (χ3v) is 3.10. The number of carbonyl (C=O) groups is 1. The van der Waals surface area contributed by atoms with Crippen molar-refractivity contribution in [1.82, 2.24) is 15.0 Å². The number of nitrogens with zero attached hydrogens (tertiary/aromatic N) is 3. The van der Waals surface area contributed by atoms with Gasteiger partial charge in [-0.05, 0) is 12.8 Å². The number of rotatable bonds is 5. The van der Waals surface area contributed by atoms with E-state index in [0.717, 1.165) is 18.7 Å². The smallest absolute Gasteiger partial charge is 0.360 e. The van der Waals surface area contributed by atoms with Gasteiger partial charge in [-0.1, -0.05) is 46.3 Å². The van der Waals surface area contributed by atoms with Crippen LogP contribution in [-0.2, 0) is 16.7 Å². The molecule has 0 bridgehead atoms. The number of esters is 1. The quantitative estimate of drug-likeness (QED) is 0.770. The first-order valence-corrected chi connectivity index (χ1v) is 6.92. The van der Waals surface area contributed by atoms with Gasteiger partial charge in [0, 0.05) is 12.0 Å². The lowest BCUT2D eigenvalue weighted by Gasteiger charge is -2.22. The molecular weight excluding hydrogens is 242 g/mol. The largest absolute Gasteiger partial charge is 0.461 e. The van der Waals surface area contributed by atoms with Crippen molar-refractivity contribution in [2.75, 3.05) is 6.61 Å². The second-order valence-electron chi connectivity index (χ2n) is 5.95. The van der Waals surface area contributed by atoms with Crippen molar-refractivity contribution in [2.45, 2.75) is 59.9 Å². The van der Waals surface area contributed by atoms with Crippen LogP contribution >= 0.6 is 0 Å². The number of aromatic nitrogens is 3. The van der Waals surface area contributed by atoms with Gasteiger partial charge in [-0.2, -0.15) is 0 Å². The number of carbonyl (C=O) groups excluding carboxylic acids is 1. The Morgan fingerprint density at radius 2 is 2.00 bits per heavy atom. The molecule has 1 unspecified atom stereocenters. The van der Waals surface area contributed by atoms with E-state index in [1.54, 1.807) is 6.92 Å². The minimum atomic E-state index is -0.386. The van der Waals surface area contributed by atoms with Crippen molar-refractivity contribution >= 4 is 5.97 Å². The van der Waals surface area contributed by atoms with Crippen molar-refractivity contribution in [3.63, 3.8) is 0 Å². The molecule has 19 heavy (non-hydrogen) atoms. The van der Waals surface area contributed by atoms with Crippen LogP contribution in [0.4, 0.5) is 0 Å². The molecule has 1 rings (SSSR count). The molecule has 0 fully saturated rings. The van der Waals surface area contributed by atoms with Crippen LogP contribution in [0.1, 0.15) is 64.1 Å². The maximum absolute atomic E-state index is 11.9. The molecule has 0 amide bonds. The van der Waals surface area contributed by atoms with E-state index in [4.69, 9.17) is 4.74 Å². The first-order valence-electron chi connectivity index (χ1n) is 6.92. The van der Waals surface area contributed by atoms with Crippen LogP contribution in [0.25, 0.3) is 0 Å². The van der Waals surface area contributed by atoms with Gasteiger partial charge in [0.1, 0.15) is 0 Å². The van der Waals surface area contributed by atoms with Crippen LogP contribution in [0, 0.1) is 5.92 Å². The van der Waals surface area contributed by atoms with Gasteiger partial charge in [0.15, 0.2) is 5.69 Å². The molecule has 0 aromatic carbocycles. The third-order valence-electron chi connectivity index (χ3n) is 3.10. The molecule has 1 aromatic heterocycles. The zero-order valence-corrected chi connectivity index (χ0v) is 12.9. The van der Waals surface area contributed by atoms with Crippen molar-refractivity contribution < 1.29 is 9.53 Å². The molecule has 1 atom stereocenters. The topological polar surface area (TPSA) is 57.0 Å². The predicted molar refractivity (Wildman–Crippen MR) is 74.1 cm³/mol. The second kappa shape index (κ2) is 6.17. The molecule has 1 heterocycles. The Hall–Kier alpha value is -1.39. The molecule has 0 radical (unpaired) electrons. The standard InChI is InChI=1S/C14H25N3O2/c1-7-10(3)9-17-12(14(4,5)6)11(15-16-17)13(18)19-8-2/h10H,7-9H2,1-6H3. The monoisotopic (exact) mass is 267 g/mol. The first kappa shape index (κ1) is 15.7. The van der Waals surface area contributed by atoms with E-state index >= 15 is 0 Å². The van der Waals surface area contributed by atoms with E-state index in [2.05, 4.69) is 44.9 Å². The summed E-state index contributed by atoms with van der Waals surface area (Å²) in [6.45, 7) is 13.4. The number of hydrogen-bond donors (Lipinski definition) is 0. The van der Waals surface area contributed by atoms with Gasteiger partial charge >= 0.3 is 5.97 Å². The van der Waals surface area contributed by atoms with Gasteiger partial charge in [0.2, 0.25) is 0 Å². The van der Waals surface area contributed by atoms with E-state index in [9.17, 15) is 4.79 Å². The molecule has 0 N–H and O–H groups in total. The molecular formula is C14H25N3O2. The van der Waals surface area contributed by atoms with Crippen molar-refractivity contribution in [3.8, 4) is 0 Å². The Bertz CT molecular complexity index is 432. The highest BCUT2D eigenvalue weighted by Gasteiger charge is 2.30. The van der Waals surface area contributed by atoms with Crippen LogP contribution < -0.4 is 0 Å². The highest BCUT2D eigenvalue weighted by Crippen LogP contribution is 2.26. The van der Waals surface area contributed by atoms with Gasteiger partial charge in [-0.3, -0.25) is 0 Å². The summed E-state index contributed by atoms with van der Waals surface area (Å²) in [4.78, 5) is 11.9. The van der Waals surface area contributed by atoms with Gasteiger partial charge in [-0.15, -0.1) is 5.10 Å². The molecule has 0 saturated carbocycles.